The average Bonchev–Trinajstić information content (AvgIpc) is 2.84. The van der Waals surface area contributed by atoms with E-state index in [9.17, 15) is 0 Å². The van der Waals surface area contributed by atoms with Gasteiger partial charge in [-0.05, 0) is 50.3 Å². The van der Waals surface area contributed by atoms with Gasteiger partial charge >= 0.3 is 0 Å². The normalized spacial score (nSPS) is 34.6. The monoisotopic (exact) mass is 287 g/mol. The summed E-state index contributed by atoms with van der Waals surface area (Å²) in [6.45, 7) is 4.10. The van der Waals surface area contributed by atoms with Crippen LogP contribution >= 0.6 is 11.8 Å². The molecule has 0 saturated carbocycles. The lowest BCUT2D eigenvalue weighted by molar-refractivity contribution is -0.0860. The molecule has 19 heavy (non-hydrogen) atoms. The van der Waals surface area contributed by atoms with Gasteiger partial charge in [-0.1, -0.05) is 6.92 Å². The molecule has 0 aromatic heterocycles. The molecule has 1 spiro atoms. The van der Waals surface area contributed by atoms with Crippen molar-refractivity contribution in [1.29, 1.82) is 0 Å². The van der Waals surface area contributed by atoms with Crippen molar-refractivity contribution in [3.63, 3.8) is 0 Å². The first-order chi connectivity index (χ1) is 9.19. The summed E-state index contributed by atoms with van der Waals surface area (Å²) in [6.07, 6.45) is 4.90. The molecule has 4 atom stereocenters. The Bertz CT molecular complexity index is 269. The average molecular weight is 287 g/mol. The van der Waals surface area contributed by atoms with Crippen LogP contribution in [0.15, 0.2) is 0 Å². The summed E-state index contributed by atoms with van der Waals surface area (Å²) in [5.74, 6) is 3.86. The van der Waals surface area contributed by atoms with Gasteiger partial charge < -0.3 is 14.8 Å². The Morgan fingerprint density at radius 3 is 3.00 bits per heavy atom. The Morgan fingerprint density at radius 1 is 1.53 bits per heavy atom. The van der Waals surface area contributed by atoms with Gasteiger partial charge in [-0.2, -0.15) is 11.8 Å². The van der Waals surface area contributed by atoms with E-state index in [1.807, 2.05) is 0 Å². The molecule has 3 nitrogen and oxygen atoms in total. The number of hydrogen-bond acceptors (Lipinski definition) is 4. The quantitative estimate of drug-likeness (QED) is 0.813. The molecule has 0 radical (unpaired) electrons. The van der Waals surface area contributed by atoms with Crippen molar-refractivity contribution in [2.24, 2.45) is 11.8 Å². The van der Waals surface area contributed by atoms with Gasteiger partial charge in [0.2, 0.25) is 0 Å². The highest BCUT2D eigenvalue weighted by Gasteiger charge is 2.42. The third-order valence-corrected chi connectivity index (χ3v) is 5.87. The van der Waals surface area contributed by atoms with Crippen LogP contribution in [0.1, 0.15) is 32.6 Å². The second-order valence-electron chi connectivity index (χ2n) is 6.28. The van der Waals surface area contributed by atoms with Crippen molar-refractivity contribution >= 4 is 11.8 Å². The first-order valence-corrected chi connectivity index (χ1v) is 8.72. The van der Waals surface area contributed by atoms with Crippen molar-refractivity contribution in [1.82, 2.24) is 5.32 Å². The summed E-state index contributed by atoms with van der Waals surface area (Å²) in [7, 11) is 3.90. The van der Waals surface area contributed by atoms with E-state index in [1.165, 1.54) is 37.2 Å². The standard InChI is InChI=1S/C15H29NO2S/c1-12(10-17-3)8-14(16-2)13-4-6-18-15(9-13)5-7-19-11-15/h12-14,16H,4-11H2,1-3H3. The van der Waals surface area contributed by atoms with Crippen LogP contribution in [0.2, 0.25) is 0 Å². The summed E-state index contributed by atoms with van der Waals surface area (Å²) in [5, 5.41) is 3.55. The fraction of sp³-hybridized carbons (Fsp3) is 1.00. The van der Waals surface area contributed by atoms with Crippen molar-refractivity contribution in [2.75, 3.05) is 38.9 Å². The fourth-order valence-corrected chi connectivity index (χ4v) is 4.98. The molecule has 2 rings (SSSR count). The van der Waals surface area contributed by atoms with E-state index in [4.69, 9.17) is 9.47 Å². The molecular weight excluding hydrogens is 258 g/mol. The van der Waals surface area contributed by atoms with Gasteiger partial charge in [0.05, 0.1) is 5.60 Å². The van der Waals surface area contributed by atoms with Crippen LogP contribution in [0, 0.1) is 11.8 Å². The van der Waals surface area contributed by atoms with Gasteiger partial charge in [0.15, 0.2) is 0 Å². The second kappa shape index (κ2) is 7.30. The molecule has 0 aliphatic carbocycles. The lowest BCUT2D eigenvalue weighted by Crippen LogP contribution is -2.46. The molecule has 2 fully saturated rings. The van der Waals surface area contributed by atoms with Crippen LogP contribution in [-0.4, -0.2) is 50.5 Å². The number of thioether (sulfide) groups is 1. The lowest BCUT2D eigenvalue weighted by Gasteiger charge is -2.41. The SMILES string of the molecule is CNC(CC(C)COC)C1CCOC2(CCSC2)C1. The number of ether oxygens (including phenoxy) is 2. The third-order valence-electron chi connectivity index (χ3n) is 4.65. The van der Waals surface area contributed by atoms with Gasteiger partial charge in [-0.3, -0.25) is 0 Å². The number of methoxy groups -OCH3 is 1. The summed E-state index contributed by atoms with van der Waals surface area (Å²) >= 11 is 2.06. The minimum atomic E-state index is 0.202. The molecule has 2 aliphatic heterocycles. The van der Waals surface area contributed by atoms with E-state index in [0.717, 1.165) is 19.1 Å². The largest absolute Gasteiger partial charge is 0.384 e. The van der Waals surface area contributed by atoms with Gasteiger partial charge in [0, 0.05) is 32.1 Å². The summed E-state index contributed by atoms with van der Waals surface area (Å²) in [6, 6.07) is 0.608. The van der Waals surface area contributed by atoms with Crippen LogP contribution < -0.4 is 5.32 Å². The van der Waals surface area contributed by atoms with Crippen LogP contribution in [0.4, 0.5) is 0 Å². The van der Waals surface area contributed by atoms with E-state index in [1.54, 1.807) is 7.11 Å². The maximum absolute atomic E-state index is 6.13. The highest BCUT2D eigenvalue weighted by atomic mass is 32.2. The van der Waals surface area contributed by atoms with Gasteiger partial charge in [-0.15, -0.1) is 0 Å². The molecule has 0 amide bonds. The molecule has 4 heteroatoms. The molecule has 0 aromatic rings. The maximum atomic E-state index is 6.13. The Balaban J connectivity index is 1.90. The van der Waals surface area contributed by atoms with Crippen LogP contribution in [0.25, 0.3) is 0 Å². The molecule has 1 N–H and O–H groups in total. The molecule has 2 heterocycles. The highest BCUT2D eigenvalue weighted by Crippen LogP contribution is 2.41. The summed E-state index contributed by atoms with van der Waals surface area (Å²) in [4.78, 5) is 0. The van der Waals surface area contributed by atoms with E-state index < -0.39 is 0 Å². The molecule has 4 unspecified atom stereocenters. The van der Waals surface area contributed by atoms with Crippen molar-refractivity contribution < 1.29 is 9.47 Å². The van der Waals surface area contributed by atoms with Crippen molar-refractivity contribution in [2.45, 2.75) is 44.2 Å². The minimum absolute atomic E-state index is 0.202. The van der Waals surface area contributed by atoms with Crippen LogP contribution in [-0.2, 0) is 9.47 Å². The first kappa shape index (κ1) is 15.6. The maximum Gasteiger partial charge on any atom is 0.0783 e. The van der Waals surface area contributed by atoms with E-state index in [-0.39, 0.29) is 5.60 Å². The Labute approximate surface area is 122 Å². The van der Waals surface area contributed by atoms with Crippen molar-refractivity contribution in [3.05, 3.63) is 0 Å². The summed E-state index contributed by atoms with van der Waals surface area (Å²) in [5.41, 5.74) is 0.202. The first-order valence-electron chi connectivity index (χ1n) is 7.57. The van der Waals surface area contributed by atoms with E-state index in [2.05, 4.69) is 31.1 Å². The van der Waals surface area contributed by atoms with E-state index >= 15 is 0 Å². The molecule has 0 aromatic carbocycles. The molecule has 112 valence electrons. The third kappa shape index (κ3) is 4.10. The Hall–Kier alpha value is 0.230. The molecule has 2 saturated heterocycles. The highest BCUT2D eigenvalue weighted by molar-refractivity contribution is 7.99. The Morgan fingerprint density at radius 2 is 2.37 bits per heavy atom. The van der Waals surface area contributed by atoms with Crippen LogP contribution in [0.5, 0.6) is 0 Å². The topological polar surface area (TPSA) is 30.5 Å². The van der Waals surface area contributed by atoms with Crippen LogP contribution in [0.3, 0.4) is 0 Å². The zero-order valence-electron chi connectivity index (χ0n) is 12.6. The molecule has 0 bridgehead atoms. The second-order valence-corrected chi connectivity index (χ2v) is 7.38. The minimum Gasteiger partial charge on any atom is -0.384 e. The zero-order valence-corrected chi connectivity index (χ0v) is 13.4. The Kier molecular flexibility index (Phi) is 6.00. The molecular formula is C15H29NO2S. The summed E-state index contributed by atoms with van der Waals surface area (Å²) < 4.78 is 11.4. The smallest absolute Gasteiger partial charge is 0.0783 e. The molecule has 2 aliphatic rings. The van der Waals surface area contributed by atoms with Gasteiger partial charge in [0.25, 0.3) is 0 Å². The lowest BCUT2D eigenvalue weighted by atomic mass is 9.79. The number of nitrogens with one attached hydrogen (secondary N) is 1. The number of rotatable bonds is 6. The fourth-order valence-electron chi connectivity index (χ4n) is 3.60. The number of hydrogen-bond donors (Lipinski definition) is 1. The van der Waals surface area contributed by atoms with Gasteiger partial charge in [0.1, 0.15) is 0 Å². The van der Waals surface area contributed by atoms with Gasteiger partial charge in [-0.25, -0.2) is 0 Å². The predicted molar refractivity (Wildman–Crippen MR) is 81.9 cm³/mol. The van der Waals surface area contributed by atoms with E-state index in [0.29, 0.717) is 12.0 Å². The van der Waals surface area contributed by atoms with Crippen molar-refractivity contribution in [3.8, 4) is 0 Å². The zero-order chi connectivity index (χ0) is 13.7. The predicted octanol–water partition coefficient (Wildman–Crippen LogP) is 2.55.